The lowest BCUT2D eigenvalue weighted by molar-refractivity contribution is -0.198. The van der Waals surface area contributed by atoms with Gasteiger partial charge in [-0.25, -0.2) is 9.59 Å². The Morgan fingerprint density at radius 3 is 2.15 bits per heavy atom. The minimum atomic E-state index is -0.715. The van der Waals surface area contributed by atoms with Crippen LogP contribution in [-0.4, -0.2) is 129 Å². The van der Waals surface area contributed by atoms with Gasteiger partial charge in [-0.2, -0.15) is 11.8 Å². The average molecular weight is 674 g/mol. The second-order valence-corrected chi connectivity index (χ2v) is 12.2. The number of rotatable bonds is 24. The molecule has 3 rings (SSSR count). The van der Waals surface area contributed by atoms with E-state index in [9.17, 15) is 28.8 Å². The summed E-state index contributed by atoms with van der Waals surface area (Å²) in [6.07, 6.45) is 3.39. The van der Waals surface area contributed by atoms with Crippen LogP contribution in [0, 0.1) is 0 Å². The highest BCUT2D eigenvalue weighted by Gasteiger charge is 2.42. The van der Waals surface area contributed by atoms with E-state index in [4.69, 9.17) is 23.8 Å². The monoisotopic (exact) mass is 673 g/mol. The Labute approximate surface area is 273 Å². The second-order valence-electron chi connectivity index (χ2n) is 10.9. The highest BCUT2D eigenvalue weighted by molar-refractivity contribution is 8.00. The zero-order chi connectivity index (χ0) is 33.1. The Morgan fingerprint density at radius 2 is 1.50 bits per heavy atom. The molecule has 46 heavy (non-hydrogen) atoms. The minimum absolute atomic E-state index is 0.0473. The zero-order valence-electron chi connectivity index (χ0n) is 26.4. The van der Waals surface area contributed by atoms with Crippen LogP contribution >= 0.6 is 11.8 Å². The van der Waals surface area contributed by atoms with Crippen LogP contribution in [0.2, 0.25) is 0 Å². The van der Waals surface area contributed by atoms with Crippen LogP contribution in [0.25, 0.3) is 0 Å². The van der Waals surface area contributed by atoms with E-state index in [0.717, 1.165) is 25.0 Å². The van der Waals surface area contributed by atoms with Crippen LogP contribution in [0.1, 0.15) is 58.3 Å². The molecule has 0 unspecified atom stereocenters. The largest absolute Gasteiger partial charge is 0.378 e. The van der Waals surface area contributed by atoms with Gasteiger partial charge >= 0.3 is 12.0 Å². The van der Waals surface area contributed by atoms with Crippen molar-refractivity contribution in [2.24, 2.45) is 0 Å². The molecule has 0 radical (unpaired) electrons. The summed E-state index contributed by atoms with van der Waals surface area (Å²) in [5, 5.41) is 12.4. The number of carbonyl (C=O) groups is 6. The molecule has 3 aliphatic rings. The molecule has 0 aromatic carbocycles. The summed E-state index contributed by atoms with van der Waals surface area (Å²) >= 11 is 1.86. The van der Waals surface area contributed by atoms with Crippen molar-refractivity contribution in [2.75, 3.05) is 65.2 Å². The normalized spacial score (nSPS) is 21.1. The highest BCUT2D eigenvalue weighted by Crippen LogP contribution is 2.33. The fourth-order valence-corrected chi connectivity index (χ4v) is 6.53. The van der Waals surface area contributed by atoms with Gasteiger partial charge in [-0.05, 0) is 19.3 Å². The second kappa shape index (κ2) is 21.0. The molecule has 260 valence electrons. The molecule has 6 amide bonds. The van der Waals surface area contributed by atoms with Crippen LogP contribution in [0.4, 0.5) is 4.79 Å². The molecule has 3 aliphatic heterocycles. The van der Waals surface area contributed by atoms with E-state index in [-0.39, 0.29) is 62.4 Å². The summed E-state index contributed by atoms with van der Waals surface area (Å²) in [4.78, 5) is 75.5. The Hall–Kier alpha value is -2.99. The number of hydroxylamine groups is 2. The number of nitrogens with one attached hydrogen (secondary N) is 4. The molecule has 3 fully saturated rings. The van der Waals surface area contributed by atoms with E-state index in [0.29, 0.717) is 69.3 Å². The molecule has 17 heteroatoms. The zero-order valence-corrected chi connectivity index (χ0v) is 27.2. The minimum Gasteiger partial charge on any atom is -0.378 e. The molecular formula is C29H47N5O11S. The maximum atomic E-state index is 12.5. The molecule has 0 aromatic rings. The topological polar surface area (TPSA) is 200 Å². The van der Waals surface area contributed by atoms with E-state index in [1.807, 2.05) is 18.7 Å². The SMILES string of the molecule is CC[C@H](NC(=O)CCCC[C@@H]1SC[C@@H]2NC(=O)N[C@H]21)C(=O)NCCOCCOCCOCCOCCC(=O)ON1C(=O)CCC1=O. The predicted molar refractivity (Wildman–Crippen MR) is 164 cm³/mol. The number of urea groups is 1. The molecule has 0 spiro atoms. The Kier molecular flexibility index (Phi) is 17.1. The molecule has 4 atom stereocenters. The number of unbranched alkanes of at least 4 members (excludes halogenated alkanes) is 1. The van der Waals surface area contributed by atoms with Gasteiger partial charge in [-0.15, -0.1) is 5.06 Å². The van der Waals surface area contributed by atoms with Crippen LogP contribution in [0.3, 0.4) is 0 Å². The first-order valence-electron chi connectivity index (χ1n) is 15.9. The van der Waals surface area contributed by atoms with E-state index in [1.54, 1.807) is 0 Å². The maximum Gasteiger partial charge on any atom is 0.335 e. The predicted octanol–water partition coefficient (Wildman–Crippen LogP) is -0.213. The summed E-state index contributed by atoms with van der Waals surface area (Å²) in [5.41, 5.74) is 0. The van der Waals surface area contributed by atoms with Crippen molar-refractivity contribution in [3.8, 4) is 0 Å². The van der Waals surface area contributed by atoms with Crippen molar-refractivity contribution >= 4 is 47.4 Å². The van der Waals surface area contributed by atoms with E-state index in [2.05, 4.69) is 21.3 Å². The summed E-state index contributed by atoms with van der Waals surface area (Å²) in [5.74, 6) is -1.24. The number of thioether (sulfide) groups is 1. The number of fused-ring (bicyclic) bond motifs is 1. The van der Waals surface area contributed by atoms with Crippen molar-refractivity contribution in [3.05, 3.63) is 0 Å². The summed E-state index contributed by atoms with van der Waals surface area (Å²) < 4.78 is 21.5. The van der Waals surface area contributed by atoms with Crippen molar-refractivity contribution in [2.45, 2.75) is 81.7 Å². The van der Waals surface area contributed by atoms with Crippen LogP contribution in [0.15, 0.2) is 0 Å². The third-order valence-electron chi connectivity index (χ3n) is 7.45. The third-order valence-corrected chi connectivity index (χ3v) is 8.96. The van der Waals surface area contributed by atoms with Gasteiger partial charge in [0.15, 0.2) is 0 Å². The van der Waals surface area contributed by atoms with Crippen LogP contribution in [-0.2, 0) is 47.8 Å². The fourth-order valence-electron chi connectivity index (χ4n) is 4.99. The number of nitrogens with zero attached hydrogens (tertiary/aromatic N) is 1. The lowest BCUT2D eigenvalue weighted by Crippen LogP contribution is -2.47. The molecule has 0 aliphatic carbocycles. The number of amides is 6. The third kappa shape index (κ3) is 13.4. The van der Waals surface area contributed by atoms with Gasteiger partial charge in [-0.1, -0.05) is 13.3 Å². The molecule has 16 nitrogen and oxygen atoms in total. The molecule has 0 bridgehead atoms. The van der Waals surface area contributed by atoms with Crippen molar-refractivity contribution < 1.29 is 52.6 Å². The maximum absolute atomic E-state index is 12.5. The van der Waals surface area contributed by atoms with E-state index in [1.165, 1.54) is 0 Å². The van der Waals surface area contributed by atoms with Crippen molar-refractivity contribution in [3.63, 3.8) is 0 Å². The quantitative estimate of drug-likeness (QED) is 0.0598. The number of hydrogen-bond acceptors (Lipinski definition) is 12. The van der Waals surface area contributed by atoms with Crippen LogP contribution in [0.5, 0.6) is 0 Å². The fraction of sp³-hybridized carbons (Fsp3) is 0.793. The summed E-state index contributed by atoms with van der Waals surface area (Å²) in [6, 6.07) is -0.327. The lowest BCUT2D eigenvalue weighted by Gasteiger charge is -2.18. The van der Waals surface area contributed by atoms with Gasteiger partial charge in [0.1, 0.15) is 6.04 Å². The Morgan fingerprint density at radius 1 is 0.870 bits per heavy atom. The summed E-state index contributed by atoms with van der Waals surface area (Å²) in [6.45, 7) is 4.52. The smallest absolute Gasteiger partial charge is 0.335 e. The van der Waals surface area contributed by atoms with Crippen LogP contribution < -0.4 is 21.3 Å². The van der Waals surface area contributed by atoms with Crippen molar-refractivity contribution in [1.29, 1.82) is 0 Å². The molecule has 3 saturated heterocycles. The van der Waals surface area contributed by atoms with E-state index >= 15 is 0 Å². The molecule has 4 N–H and O–H groups in total. The lowest BCUT2D eigenvalue weighted by atomic mass is 10.0. The highest BCUT2D eigenvalue weighted by atomic mass is 32.2. The Balaban J connectivity index is 1.06. The Bertz CT molecular complexity index is 1020. The van der Waals surface area contributed by atoms with Gasteiger partial charge in [-0.3, -0.25) is 19.2 Å². The van der Waals surface area contributed by atoms with Crippen molar-refractivity contribution in [1.82, 2.24) is 26.3 Å². The number of imide groups is 1. The summed E-state index contributed by atoms with van der Waals surface area (Å²) in [7, 11) is 0. The van der Waals surface area contributed by atoms with Gasteiger partial charge < -0.3 is 45.1 Å². The van der Waals surface area contributed by atoms with Gasteiger partial charge in [0.25, 0.3) is 11.8 Å². The van der Waals surface area contributed by atoms with Gasteiger partial charge in [0, 0.05) is 36.8 Å². The average Bonchev–Trinajstić information content (AvgIpc) is 3.69. The molecule has 0 saturated carbocycles. The first-order chi connectivity index (χ1) is 22.3. The standard InChI is InChI=1S/C29H47N5O11S/c1-2-20(31-23(35)6-4-3-5-22-27-21(19-46-22)32-29(40)33-27)28(39)30-10-12-42-14-16-44-18-17-43-15-13-41-11-9-26(38)45-34-24(36)7-8-25(34)37/h20-22,27H,2-19H2,1H3,(H,30,39)(H,31,35)(H2,32,33,40)/t20-,21-,22-,27+/m0/s1. The van der Waals surface area contributed by atoms with E-state index < -0.39 is 23.8 Å². The number of ether oxygens (including phenoxy) is 4. The molecule has 3 heterocycles. The molecular weight excluding hydrogens is 626 g/mol. The number of carbonyl (C=O) groups excluding carboxylic acids is 6. The van der Waals surface area contributed by atoms with Gasteiger partial charge in [0.05, 0.1) is 71.4 Å². The first-order valence-corrected chi connectivity index (χ1v) is 17.0. The first kappa shape index (κ1) is 37.5. The molecule has 0 aromatic heterocycles. The number of hydrogen-bond donors (Lipinski definition) is 4. The van der Waals surface area contributed by atoms with Gasteiger partial charge in [0.2, 0.25) is 11.8 Å².